The van der Waals surface area contributed by atoms with Gasteiger partial charge in [-0.2, -0.15) is 12.1 Å². The van der Waals surface area contributed by atoms with Crippen LogP contribution in [0.25, 0.3) is 0 Å². The van der Waals surface area contributed by atoms with Gasteiger partial charge >= 0.3 is 0 Å². The quantitative estimate of drug-likeness (QED) is 0.496. The van der Waals surface area contributed by atoms with E-state index in [0.717, 1.165) is 0 Å². The Labute approximate surface area is 64.0 Å². The molecular formula is C6H16OSSi. The Hall–Kier alpha value is 0.527. The lowest BCUT2D eigenvalue weighted by Gasteiger charge is -2.17. The van der Waals surface area contributed by atoms with Gasteiger partial charge in [-0.25, -0.2) is 0 Å². The second-order valence-corrected chi connectivity index (χ2v) is 8.58. The van der Waals surface area contributed by atoms with E-state index >= 15 is 0 Å². The summed E-state index contributed by atoms with van der Waals surface area (Å²) in [5.41, 5.74) is 0. The maximum atomic E-state index is 5.24. The van der Waals surface area contributed by atoms with Crippen molar-refractivity contribution >= 4 is 19.5 Å². The summed E-state index contributed by atoms with van der Waals surface area (Å²) >= 11 is 4.44. The minimum atomic E-state index is -1.50. The molecule has 0 saturated carbocycles. The first-order valence-corrected chi connectivity index (χ1v) is 7.30. The molecule has 0 saturated heterocycles. The summed E-state index contributed by atoms with van der Waals surface area (Å²) in [5.74, 6) is 0. The van der Waals surface area contributed by atoms with Crippen molar-refractivity contribution < 1.29 is 4.43 Å². The standard InChI is InChI=1S/C6H16OSSi/c1-4-5-6-9(3,8)7-2/h8H,4-6H2,1-3H3. The van der Waals surface area contributed by atoms with E-state index in [4.69, 9.17) is 4.43 Å². The molecule has 0 aromatic heterocycles. The Morgan fingerprint density at radius 2 is 2.11 bits per heavy atom. The van der Waals surface area contributed by atoms with Crippen molar-refractivity contribution in [3.05, 3.63) is 0 Å². The zero-order chi connectivity index (χ0) is 7.33. The first kappa shape index (κ1) is 9.53. The molecule has 0 fully saturated rings. The first-order chi connectivity index (χ1) is 4.12. The molecular weight excluding hydrogens is 148 g/mol. The molecule has 1 unspecified atom stereocenters. The number of unbranched alkanes of at least 4 members (excludes halogenated alkanes) is 1. The van der Waals surface area contributed by atoms with Crippen molar-refractivity contribution in [2.24, 2.45) is 0 Å². The van der Waals surface area contributed by atoms with Gasteiger partial charge in [0.05, 0.1) is 0 Å². The molecule has 56 valence electrons. The van der Waals surface area contributed by atoms with Gasteiger partial charge in [0.25, 0.3) is 0 Å². The van der Waals surface area contributed by atoms with Gasteiger partial charge in [0, 0.05) is 7.11 Å². The van der Waals surface area contributed by atoms with E-state index in [1.54, 1.807) is 7.11 Å². The average Bonchev–Trinajstić information content (AvgIpc) is 1.84. The first-order valence-electron chi connectivity index (χ1n) is 3.40. The van der Waals surface area contributed by atoms with Gasteiger partial charge in [-0.3, -0.25) is 0 Å². The summed E-state index contributed by atoms with van der Waals surface area (Å²) in [6, 6.07) is 1.17. The Kier molecular flexibility index (Phi) is 4.61. The maximum absolute atomic E-state index is 5.24. The van der Waals surface area contributed by atoms with Crippen molar-refractivity contribution in [1.82, 2.24) is 0 Å². The van der Waals surface area contributed by atoms with Crippen LogP contribution in [0.5, 0.6) is 0 Å². The molecule has 1 atom stereocenters. The van der Waals surface area contributed by atoms with Crippen molar-refractivity contribution in [2.75, 3.05) is 7.11 Å². The molecule has 0 aliphatic heterocycles. The number of thiol groups is 1. The number of rotatable bonds is 4. The largest absolute Gasteiger partial charge is 0.410 e. The third kappa shape index (κ3) is 5.00. The predicted molar refractivity (Wildman–Crippen MR) is 47.3 cm³/mol. The van der Waals surface area contributed by atoms with Crippen molar-refractivity contribution in [3.63, 3.8) is 0 Å². The van der Waals surface area contributed by atoms with E-state index in [2.05, 4.69) is 25.5 Å². The molecule has 0 amide bonds. The van der Waals surface area contributed by atoms with Gasteiger partial charge in [0.15, 0.2) is 0 Å². The van der Waals surface area contributed by atoms with Crippen LogP contribution in [0.1, 0.15) is 19.8 Å². The smallest absolute Gasteiger partial charge is 0.247 e. The third-order valence-electron chi connectivity index (χ3n) is 1.43. The molecule has 0 spiro atoms. The predicted octanol–water partition coefficient (Wildman–Crippen LogP) is 2.43. The molecule has 9 heavy (non-hydrogen) atoms. The van der Waals surface area contributed by atoms with Crippen LogP contribution in [0.2, 0.25) is 12.6 Å². The highest BCUT2D eigenvalue weighted by Gasteiger charge is 2.20. The molecule has 0 N–H and O–H groups in total. The van der Waals surface area contributed by atoms with Gasteiger partial charge in [0.1, 0.15) is 0 Å². The van der Waals surface area contributed by atoms with Crippen LogP contribution in [-0.2, 0) is 4.43 Å². The van der Waals surface area contributed by atoms with E-state index < -0.39 is 7.47 Å². The topological polar surface area (TPSA) is 9.23 Å². The zero-order valence-electron chi connectivity index (χ0n) is 6.48. The highest BCUT2D eigenvalue weighted by Crippen LogP contribution is 2.17. The minimum absolute atomic E-state index is 1.17. The monoisotopic (exact) mass is 164 g/mol. The SMILES string of the molecule is CCCC[Si](C)(S)OC. The van der Waals surface area contributed by atoms with Crippen LogP contribution in [0.4, 0.5) is 0 Å². The molecule has 0 radical (unpaired) electrons. The minimum Gasteiger partial charge on any atom is -0.410 e. The van der Waals surface area contributed by atoms with Gasteiger partial charge in [0.2, 0.25) is 7.47 Å². The zero-order valence-corrected chi connectivity index (χ0v) is 8.37. The Bertz CT molecular complexity index is 75.5. The number of hydrogen-bond donors (Lipinski definition) is 1. The lowest BCUT2D eigenvalue weighted by molar-refractivity contribution is 0.416. The van der Waals surface area contributed by atoms with E-state index in [1.807, 2.05) is 0 Å². The molecule has 3 heteroatoms. The Morgan fingerprint density at radius 1 is 1.56 bits per heavy atom. The lowest BCUT2D eigenvalue weighted by atomic mass is 10.4. The summed E-state index contributed by atoms with van der Waals surface area (Å²) in [7, 11) is 0.255. The molecule has 0 aliphatic carbocycles. The maximum Gasteiger partial charge on any atom is 0.247 e. The van der Waals surface area contributed by atoms with Crippen molar-refractivity contribution in [3.8, 4) is 0 Å². The van der Waals surface area contributed by atoms with E-state index in [-0.39, 0.29) is 0 Å². The highest BCUT2D eigenvalue weighted by molar-refractivity contribution is 8.13. The Balaban J connectivity index is 3.33. The van der Waals surface area contributed by atoms with Gasteiger partial charge in [-0.15, -0.1) is 0 Å². The normalized spacial score (nSPS) is 17.3. The fourth-order valence-electron chi connectivity index (χ4n) is 0.607. The van der Waals surface area contributed by atoms with Crippen LogP contribution in [0.3, 0.4) is 0 Å². The molecule has 0 aromatic carbocycles. The molecule has 0 rings (SSSR count). The summed E-state index contributed by atoms with van der Waals surface area (Å²) in [4.78, 5) is 0. The molecule has 0 aliphatic rings. The highest BCUT2D eigenvalue weighted by atomic mass is 32.3. The molecule has 0 bridgehead atoms. The van der Waals surface area contributed by atoms with Crippen molar-refractivity contribution in [1.29, 1.82) is 0 Å². The van der Waals surface area contributed by atoms with Gasteiger partial charge in [-0.05, 0) is 12.6 Å². The van der Waals surface area contributed by atoms with E-state index in [9.17, 15) is 0 Å². The lowest BCUT2D eigenvalue weighted by Crippen LogP contribution is -2.24. The summed E-state index contributed by atoms with van der Waals surface area (Å²) in [5, 5.41) is 0. The van der Waals surface area contributed by atoms with E-state index in [0.29, 0.717) is 0 Å². The summed E-state index contributed by atoms with van der Waals surface area (Å²) < 4.78 is 5.24. The van der Waals surface area contributed by atoms with Crippen LogP contribution in [0, 0.1) is 0 Å². The second-order valence-electron chi connectivity index (χ2n) is 2.48. The molecule has 1 nitrogen and oxygen atoms in total. The summed E-state index contributed by atoms with van der Waals surface area (Å²) in [6.45, 7) is 4.32. The van der Waals surface area contributed by atoms with Crippen LogP contribution in [0.15, 0.2) is 0 Å². The van der Waals surface area contributed by atoms with E-state index in [1.165, 1.54) is 18.9 Å². The summed E-state index contributed by atoms with van der Waals surface area (Å²) in [6.07, 6.45) is 2.49. The van der Waals surface area contributed by atoms with Gasteiger partial charge in [-0.1, -0.05) is 19.8 Å². The fourth-order valence-corrected chi connectivity index (χ4v) is 2.29. The molecule has 0 aromatic rings. The van der Waals surface area contributed by atoms with Crippen LogP contribution in [-0.4, -0.2) is 14.6 Å². The second kappa shape index (κ2) is 4.36. The Morgan fingerprint density at radius 3 is 2.44 bits per heavy atom. The third-order valence-corrected chi connectivity index (χ3v) is 4.81. The fraction of sp³-hybridized carbons (Fsp3) is 1.00. The number of hydrogen-bond acceptors (Lipinski definition) is 2. The molecule has 0 heterocycles. The average molecular weight is 164 g/mol. The van der Waals surface area contributed by atoms with Crippen LogP contribution < -0.4 is 0 Å². The van der Waals surface area contributed by atoms with Gasteiger partial charge < -0.3 is 4.43 Å². The van der Waals surface area contributed by atoms with Crippen molar-refractivity contribution in [2.45, 2.75) is 32.4 Å². The van der Waals surface area contributed by atoms with Crippen LogP contribution >= 0.6 is 12.1 Å².